The normalized spacial score (nSPS) is 19.0. The van der Waals surface area contributed by atoms with E-state index in [1.54, 1.807) is 17.3 Å². The summed E-state index contributed by atoms with van der Waals surface area (Å²) in [6, 6.07) is 1.59. The van der Waals surface area contributed by atoms with Crippen LogP contribution in [0, 0.1) is 6.92 Å². The van der Waals surface area contributed by atoms with E-state index in [4.69, 9.17) is 0 Å². The molecule has 0 aliphatic carbocycles. The number of amides is 2. The molecule has 0 aromatic carbocycles. The fourth-order valence-electron chi connectivity index (χ4n) is 2.95. The zero-order valence-corrected chi connectivity index (χ0v) is 14.0. The molecule has 3 heterocycles. The van der Waals surface area contributed by atoms with Crippen LogP contribution in [0.15, 0.2) is 24.7 Å². The molecule has 2 amide bonds. The van der Waals surface area contributed by atoms with Crippen LogP contribution in [-0.4, -0.2) is 53.3 Å². The first-order valence-electron chi connectivity index (χ1n) is 7.53. The van der Waals surface area contributed by atoms with E-state index in [1.165, 1.54) is 6.26 Å². The first kappa shape index (κ1) is 15.8. The number of hydrogen-bond acceptors (Lipinski definition) is 4. The fourth-order valence-corrected chi connectivity index (χ4v) is 4.00. The number of anilines is 1. The van der Waals surface area contributed by atoms with E-state index >= 15 is 0 Å². The van der Waals surface area contributed by atoms with Crippen molar-refractivity contribution in [3.63, 3.8) is 0 Å². The Bertz CT molecular complexity index is 844. The van der Waals surface area contributed by atoms with Crippen LogP contribution < -0.4 is 5.32 Å². The standard InChI is InChI=1S/C15H20N4O3S/c1-11-8-12(9-18-7-5-16-14(11)18)17-15(20)19-6-3-4-13(10-19)23(2,21)22/h5,7-9,13H,3-4,6,10H2,1-2H3,(H,17,20). The van der Waals surface area contributed by atoms with Crippen molar-refractivity contribution in [2.45, 2.75) is 25.0 Å². The Kier molecular flexibility index (Phi) is 4.01. The van der Waals surface area contributed by atoms with Crippen molar-refractivity contribution in [1.29, 1.82) is 0 Å². The number of rotatable bonds is 2. The van der Waals surface area contributed by atoms with E-state index in [-0.39, 0.29) is 12.6 Å². The lowest BCUT2D eigenvalue weighted by Gasteiger charge is -2.31. The van der Waals surface area contributed by atoms with E-state index < -0.39 is 15.1 Å². The minimum atomic E-state index is -3.13. The average molecular weight is 336 g/mol. The minimum absolute atomic E-state index is 0.247. The molecule has 0 saturated carbocycles. The third-order valence-corrected chi connectivity index (χ3v) is 5.79. The van der Waals surface area contributed by atoms with Gasteiger partial charge in [-0.25, -0.2) is 18.2 Å². The van der Waals surface area contributed by atoms with Gasteiger partial charge in [0.05, 0.1) is 10.9 Å². The molecule has 1 aliphatic heterocycles. The molecular weight excluding hydrogens is 316 g/mol. The van der Waals surface area contributed by atoms with Crippen LogP contribution in [0.5, 0.6) is 0 Å². The van der Waals surface area contributed by atoms with E-state index in [0.29, 0.717) is 25.1 Å². The molecule has 2 aromatic heterocycles. The van der Waals surface area contributed by atoms with E-state index in [1.807, 2.05) is 23.6 Å². The topological polar surface area (TPSA) is 83.8 Å². The quantitative estimate of drug-likeness (QED) is 0.904. The molecule has 7 nitrogen and oxygen atoms in total. The summed E-state index contributed by atoms with van der Waals surface area (Å²) in [7, 11) is -3.13. The lowest BCUT2D eigenvalue weighted by atomic mass is 10.1. The molecule has 2 aromatic rings. The number of pyridine rings is 1. The van der Waals surface area contributed by atoms with Crippen molar-refractivity contribution in [1.82, 2.24) is 14.3 Å². The van der Waals surface area contributed by atoms with Gasteiger partial charge in [0.15, 0.2) is 9.84 Å². The van der Waals surface area contributed by atoms with Gasteiger partial charge >= 0.3 is 6.03 Å². The Morgan fingerprint density at radius 1 is 1.43 bits per heavy atom. The predicted octanol–water partition coefficient (Wildman–Crippen LogP) is 1.68. The number of aryl methyl sites for hydroxylation is 1. The van der Waals surface area contributed by atoms with Crippen molar-refractivity contribution in [2.75, 3.05) is 24.7 Å². The SMILES string of the molecule is Cc1cc(NC(=O)N2CCCC(S(C)(=O)=O)C2)cn2ccnc12. The van der Waals surface area contributed by atoms with Crippen molar-refractivity contribution < 1.29 is 13.2 Å². The number of carbonyl (C=O) groups excluding carboxylic acids is 1. The fraction of sp³-hybridized carbons (Fsp3) is 0.467. The number of imidazole rings is 1. The summed E-state index contributed by atoms with van der Waals surface area (Å²) in [6.07, 6.45) is 7.86. The number of nitrogens with zero attached hydrogens (tertiary/aromatic N) is 3. The summed E-state index contributed by atoms with van der Waals surface area (Å²) in [5.74, 6) is 0. The third-order valence-electron chi connectivity index (χ3n) is 4.19. The van der Waals surface area contributed by atoms with Crippen LogP contribution >= 0.6 is 0 Å². The number of urea groups is 1. The molecule has 0 radical (unpaired) electrons. The van der Waals surface area contributed by atoms with E-state index in [9.17, 15) is 13.2 Å². The molecule has 124 valence electrons. The van der Waals surface area contributed by atoms with Gasteiger partial charge in [-0.05, 0) is 31.4 Å². The van der Waals surface area contributed by atoms with Crippen LogP contribution in [0.3, 0.4) is 0 Å². The summed E-state index contributed by atoms with van der Waals surface area (Å²) < 4.78 is 25.3. The molecule has 1 N–H and O–H groups in total. The third kappa shape index (κ3) is 3.31. The molecule has 23 heavy (non-hydrogen) atoms. The number of aromatic nitrogens is 2. The van der Waals surface area contributed by atoms with E-state index in [0.717, 1.165) is 11.2 Å². The maximum Gasteiger partial charge on any atom is 0.321 e. The van der Waals surface area contributed by atoms with Gasteiger partial charge < -0.3 is 14.6 Å². The Morgan fingerprint density at radius 3 is 2.96 bits per heavy atom. The highest BCUT2D eigenvalue weighted by atomic mass is 32.2. The molecule has 1 saturated heterocycles. The van der Waals surface area contributed by atoms with Crippen molar-refractivity contribution in [2.24, 2.45) is 0 Å². The number of carbonyl (C=O) groups is 1. The molecule has 1 atom stereocenters. The number of likely N-dealkylation sites (tertiary alicyclic amines) is 1. The first-order valence-corrected chi connectivity index (χ1v) is 9.48. The number of sulfone groups is 1. The monoisotopic (exact) mass is 336 g/mol. The van der Waals surface area contributed by atoms with Gasteiger partial charge in [0.1, 0.15) is 5.65 Å². The highest BCUT2D eigenvalue weighted by Gasteiger charge is 2.29. The molecule has 3 rings (SSSR count). The van der Waals surface area contributed by atoms with Crippen molar-refractivity contribution in [3.05, 3.63) is 30.2 Å². The van der Waals surface area contributed by atoms with Crippen LogP contribution in [-0.2, 0) is 9.84 Å². The van der Waals surface area contributed by atoms with Crippen LogP contribution in [0.4, 0.5) is 10.5 Å². The summed E-state index contributed by atoms with van der Waals surface area (Å²) in [5, 5.41) is 2.38. The Balaban J connectivity index is 1.75. The summed E-state index contributed by atoms with van der Waals surface area (Å²) >= 11 is 0. The van der Waals surface area contributed by atoms with Gasteiger partial charge in [-0.3, -0.25) is 0 Å². The Labute approximate surface area is 135 Å². The molecule has 1 aliphatic rings. The summed E-state index contributed by atoms with van der Waals surface area (Å²) in [6.45, 7) is 2.75. The number of piperidine rings is 1. The largest absolute Gasteiger partial charge is 0.323 e. The molecule has 0 bridgehead atoms. The Morgan fingerprint density at radius 2 is 2.22 bits per heavy atom. The van der Waals surface area contributed by atoms with Gasteiger partial charge in [0.25, 0.3) is 0 Å². The highest BCUT2D eigenvalue weighted by molar-refractivity contribution is 7.91. The zero-order valence-electron chi connectivity index (χ0n) is 13.2. The van der Waals surface area contributed by atoms with Crippen molar-refractivity contribution >= 4 is 27.2 Å². The summed E-state index contributed by atoms with van der Waals surface area (Å²) in [5.41, 5.74) is 2.47. The van der Waals surface area contributed by atoms with E-state index in [2.05, 4.69) is 10.3 Å². The van der Waals surface area contributed by atoms with Gasteiger partial charge in [-0.15, -0.1) is 0 Å². The maximum absolute atomic E-state index is 12.4. The van der Waals surface area contributed by atoms with Crippen LogP contribution in [0.25, 0.3) is 5.65 Å². The highest BCUT2D eigenvalue weighted by Crippen LogP contribution is 2.19. The van der Waals surface area contributed by atoms with Gasteiger partial charge in [-0.2, -0.15) is 0 Å². The van der Waals surface area contributed by atoms with Gasteiger partial charge in [0.2, 0.25) is 0 Å². The molecule has 0 spiro atoms. The lowest BCUT2D eigenvalue weighted by Crippen LogP contribution is -2.46. The molecule has 1 unspecified atom stereocenters. The number of fused-ring (bicyclic) bond motifs is 1. The zero-order chi connectivity index (χ0) is 16.6. The van der Waals surface area contributed by atoms with Crippen molar-refractivity contribution in [3.8, 4) is 0 Å². The lowest BCUT2D eigenvalue weighted by molar-refractivity contribution is 0.200. The van der Waals surface area contributed by atoms with Crippen LogP contribution in [0.2, 0.25) is 0 Å². The number of nitrogens with one attached hydrogen (secondary N) is 1. The second-order valence-corrected chi connectivity index (χ2v) is 8.37. The number of hydrogen-bond donors (Lipinski definition) is 1. The minimum Gasteiger partial charge on any atom is -0.323 e. The second kappa shape index (κ2) is 5.84. The maximum atomic E-state index is 12.4. The summed E-state index contributed by atoms with van der Waals surface area (Å²) in [4.78, 5) is 18.2. The molecule has 8 heteroatoms. The predicted molar refractivity (Wildman–Crippen MR) is 88.4 cm³/mol. The average Bonchev–Trinajstić information content (AvgIpc) is 2.95. The Hall–Kier alpha value is -2.09. The van der Waals surface area contributed by atoms with Gasteiger partial charge in [0, 0.05) is 37.9 Å². The second-order valence-electron chi connectivity index (χ2n) is 6.04. The van der Waals surface area contributed by atoms with Gasteiger partial charge in [-0.1, -0.05) is 0 Å². The smallest absolute Gasteiger partial charge is 0.321 e. The first-order chi connectivity index (χ1) is 10.8. The molecule has 1 fully saturated rings. The molecular formula is C15H20N4O3S. The van der Waals surface area contributed by atoms with Crippen LogP contribution in [0.1, 0.15) is 18.4 Å².